The van der Waals surface area contributed by atoms with Crippen molar-refractivity contribution in [2.45, 2.75) is 27.3 Å². The molecule has 0 saturated carbocycles. The number of nitrogens with zero attached hydrogens (tertiary/aromatic N) is 8. The second kappa shape index (κ2) is 7.66. The maximum atomic E-state index is 12.7. The first-order valence-electron chi connectivity index (χ1n) is 8.94. The number of nitrogens with one attached hydrogen (secondary N) is 1. The van der Waals surface area contributed by atoms with E-state index in [2.05, 4.69) is 40.0 Å². The molecule has 0 spiro atoms. The van der Waals surface area contributed by atoms with E-state index in [9.17, 15) is 9.59 Å². The molecule has 152 valence electrons. The Hall–Kier alpha value is -4.22. The fourth-order valence-electron chi connectivity index (χ4n) is 2.85. The average Bonchev–Trinajstić information content (AvgIpc) is 3.24. The number of anilines is 1. The van der Waals surface area contributed by atoms with Crippen LogP contribution in [-0.4, -0.2) is 45.3 Å². The third-order valence-electron chi connectivity index (χ3n) is 4.01. The summed E-state index contributed by atoms with van der Waals surface area (Å²) in [5.41, 5.74) is 2.20. The van der Waals surface area contributed by atoms with Gasteiger partial charge in [0.15, 0.2) is 5.82 Å². The molecule has 0 fully saturated rings. The molecule has 0 aromatic carbocycles. The molecule has 0 aliphatic carbocycles. The third-order valence-corrected chi connectivity index (χ3v) is 4.01. The molecule has 0 radical (unpaired) electrons. The van der Waals surface area contributed by atoms with Gasteiger partial charge >= 0.3 is 5.76 Å². The fourth-order valence-corrected chi connectivity index (χ4v) is 2.85. The van der Waals surface area contributed by atoms with Crippen LogP contribution in [0.4, 0.5) is 5.82 Å². The quantitative estimate of drug-likeness (QED) is 0.508. The number of hydrogen-bond acceptors (Lipinski definition) is 9. The van der Waals surface area contributed by atoms with Gasteiger partial charge in [-0.3, -0.25) is 9.32 Å². The van der Waals surface area contributed by atoms with Crippen molar-refractivity contribution < 1.29 is 9.32 Å². The van der Waals surface area contributed by atoms with Gasteiger partial charge in [0.25, 0.3) is 5.95 Å². The van der Waals surface area contributed by atoms with Crippen LogP contribution in [0.2, 0.25) is 0 Å². The smallest absolute Gasteiger partial charge is 0.309 e. The Kier molecular flexibility index (Phi) is 4.88. The van der Waals surface area contributed by atoms with E-state index in [1.165, 1.54) is 17.1 Å². The summed E-state index contributed by atoms with van der Waals surface area (Å²) < 4.78 is 7.17. The Morgan fingerprint density at radius 2 is 1.77 bits per heavy atom. The van der Waals surface area contributed by atoms with Crippen LogP contribution >= 0.6 is 0 Å². The number of hydrogen-bond donors (Lipinski definition) is 1. The van der Waals surface area contributed by atoms with Crippen LogP contribution in [0.15, 0.2) is 39.9 Å². The molecule has 0 aliphatic heterocycles. The van der Waals surface area contributed by atoms with Crippen molar-refractivity contribution in [3.05, 3.63) is 58.2 Å². The predicted octanol–water partition coefficient (Wildman–Crippen LogP) is 0.833. The van der Waals surface area contributed by atoms with E-state index < -0.39 is 11.7 Å². The van der Waals surface area contributed by atoms with Crippen LogP contribution in [-0.2, 0) is 11.3 Å². The van der Waals surface area contributed by atoms with Gasteiger partial charge < -0.3 is 5.32 Å². The Labute approximate surface area is 169 Å². The lowest BCUT2D eigenvalue weighted by atomic mass is 10.4. The molecule has 30 heavy (non-hydrogen) atoms. The van der Waals surface area contributed by atoms with E-state index >= 15 is 0 Å². The Balaban J connectivity index is 1.61. The monoisotopic (exact) mass is 407 g/mol. The van der Waals surface area contributed by atoms with Crippen LogP contribution in [0.1, 0.15) is 17.1 Å². The van der Waals surface area contributed by atoms with E-state index in [1.54, 1.807) is 19.1 Å². The van der Waals surface area contributed by atoms with Crippen LogP contribution < -0.4 is 11.1 Å². The minimum atomic E-state index is -0.796. The van der Waals surface area contributed by atoms with E-state index in [4.69, 9.17) is 0 Å². The summed E-state index contributed by atoms with van der Waals surface area (Å²) in [4.78, 5) is 41.5. The number of rotatable bonds is 5. The lowest BCUT2D eigenvalue weighted by Gasteiger charge is -2.09. The van der Waals surface area contributed by atoms with Crippen LogP contribution in [0.25, 0.3) is 17.6 Å². The van der Waals surface area contributed by atoms with Crippen molar-refractivity contribution in [2.75, 3.05) is 5.32 Å². The largest absolute Gasteiger partial charge is 0.442 e. The molecule has 12 nitrogen and oxygen atoms in total. The first-order valence-corrected chi connectivity index (χ1v) is 8.94. The van der Waals surface area contributed by atoms with Crippen molar-refractivity contribution in [1.29, 1.82) is 0 Å². The molecule has 1 N–H and O–H groups in total. The molecule has 0 atom stereocenters. The first kappa shape index (κ1) is 19.1. The fraction of sp³-hybridized carbons (Fsp3) is 0.222. The summed E-state index contributed by atoms with van der Waals surface area (Å²) in [7, 11) is 0. The minimum Gasteiger partial charge on any atom is -0.309 e. The standard InChI is InChI=1S/C18H17N9O3/c1-10-7-11(2)22-17(21-10)27-13(8-12(3)24-27)23-14(28)9-26-16(25-30-18(26)29)15-19-5-4-6-20-15/h4-8H,9H2,1-3H3,(H,23,28). The highest BCUT2D eigenvalue weighted by molar-refractivity contribution is 5.90. The summed E-state index contributed by atoms with van der Waals surface area (Å²) in [6.45, 7) is 5.12. The molecule has 0 unspecified atom stereocenters. The Bertz CT molecular complexity index is 1250. The predicted molar refractivity (Wildman–Crippen MR) is 104 cm³/mol. The van der Waals surface area contributed by atoms with E-state index in [-0.39, 0.29) is 18.2 Å². The van der Waals surface area contributed by atoms with Crippen molar-refractivity contribution in [3.8, 4) is 17.6 Å². The zero-order chi connectivity index (χ0) is 21.3. The topological polar surface area (TPSA) is 147 Å². The molecule has 4 rings (SSSR count). The summed E-state index contributed by atoms with van der Waals surface area (Å²) in [6, 6.07) is 5.14. The molecule has 4 aromatic rings. The molecular weight excluding hydrogens is 390 g/mol. The highest BCUT2D eigenvalue weighted by atomic mass is 16.5. The molecule has 0 saturated heterocycles. The lowest BCUT2D eigenvalue weighted by Crippen LogP contribution is -2.26. The first-order chi connectivity index (χ1) is 14.4. The molecule has 0 aliphatic rings. The van der Waals surface area contributed by atoms with Gasteiger partial charge in [-0.1, -0.05) is 5.16 Å². The molecular formula is C18H17N9O3. The minimum absolute atomic E-state index is 0.0538. The Morgan fingerprint density at radius 3 is 2.47 bits per heavy atom. The lowest BCUT2D eigenvalue weighted by molar-refractivity contribution is -0.116. The maximum Gasteiger partial charge on any atom is 0.442 e. The van der Waals surface area contributed by atoms with E-state index in [1.807, 2.05) is 19.9 Å². The van der Waals surface area contributed by atoms with Gasteiger partial charge in [-0.15, -0.1) is 0 Å². The van der Waals surface area contributed by atoms with Crippen molar-refractivity contribution in [1.82, 2.24) is 39.4 Å². The van der Waals surface area contributed by atoms with Gasteiger partial charge in [-0.05, 0) is 32.9 Å². The normalized spacial score (nSPS) is 10.9. The highest BCUT2D eigenvalue weighted by Crippen LogP contribution is 2.16. The second-order valence-corrected chi connectivity index (χ2v) is 6.51. The summed E-state index contributed by atoms with van der Waals surface area (Å²) >= 11 is 0. The van der Waals surface area contributed by atoms with Gasteiger partial charge in [0.05, 0.1) is 5.69 Å². The number of carbonyl (C=O) groups is 1. The number of aryl methyl sites for hydroxylation is 3. The summed E-state index contributed by atoms with van der Waals surface area (Å²) in [5.74, 6) is -0.377. The highest BCUT2D eigenvalue weighted by Gasteiger charge is 2.19. The molecule has 1 amide bonds. The average molecular weight is 407 g/mol. The Morgan fingerprint density at radius 1 is 1.07 bits per heavy atom. The molecule has 4 aromatic heterocycles. The molecule has 0 bridgehead atoms. The molecule has 4 heterocycles. The van der Waals surface area contributed by atoms with Gasteiger partial charge in [0, 0.05) is 29.8 Å². The van der Waals surface area contributed by atoms with Crippen molar-refractivity contribution in [3.63, 3.8) is 0 Å². The van der Waals surface area contributed by atoms with Crippen LogP contribution in [0.3, 0.4) is 0 Å². The van der Waals surface area contributed by atoms with Crippen LogP contribution in [0, 0.1) is 20.8 Å². The summed E-state index contributed by atoms with van der Waals surface area (Å²) in [5, 5.41) is 10.7. The van der Waals surface area contributed by atoms with E-state index in [0.717, 1.165) is 16.0 Å². The number of aromatic nitrogens is 8. The number of amides is 1. The van der Waals surface area contributed by atoms with Crippen molar-refractivity contribution >= 4 is 11.7 Å². The van der Waals surface area contributed by atoms with Gasteiger partial charge in [-0.2, -0.15) is 9.78 Å². The maximum absolute atomic E-state index is 12.7. The second-order valence-electron chi connectivity index (χ2n) is 6.51. The number of carbonyl (C=O) groups excluding carboxylic acids is 1. The van der Waals surface area contributed by atoms with Gasteiger partial charge in [0.1, 0.15) is 12.4 Å². The van der Waals surface area contributed by atoms with Crippen molar-refractivity contribution in [2.24, 2.45) is 0 Å². The molecule has 12 heteroatoms. The zero-order valence-electron chi connectivity index (χ0n) is 16.4. The van der Waals surface area contributed by atoms with E-state index in [0.29, 0.717) is 17.5 Å². The van der Waals surface area contributed by atoms with Gasteiger partial charge in [-0.25, -0.2) is 29.3 Å². The SMILES string of the molecule is Cc1cc(C)nc(-n2nc(C)cc2NC(=O)Cn2c(-c3ncccn3)noc2=O)n1. The zero-order valence-corrected chi connectivity index (χ0v) is 16.4. The summed E-state index contributed by atoms with van der Waals surface area (Å²) in [6.07, 6.45) is 2.99. The third kappa shape index (κ3) is 3.83. The van der Waals surface area contributed by atoms with Crippen LogP contribution in [0.5, 0.6) is 0 Å². The van der Waals surface area contributed by atoms with Gasteiger partial charge in [0.2, 0.25) is 11.7 Å².